The number of aldehydes is 1. The normalized spacial score (nSPS) is 11.1. The molecular formula is C9H7F3O2. The summed E-state index contributed by atoms with van der Waals surface area (Å²) in [6.45, 7) is 1.53. The Morgan fingerprint density at radius 3 is 2.43 bits per heavy atom. The van der Waals surface area contributed by atoms with E-state index < -0.39 is 6.36 Å². The summed E-state index contributed by atoms with van der Waals surface area (Å²) in [5.41, 5.74) is 0.793. The van der Waals surface area contributed by atoms with Crippen LogP contribution in [0.2, 0.25) is 0 Å². The van der Waals surface area contributed by atoms with E-state index in [2.05, 4.69) is 4.74 Å². The highest BCUT2D eigenvalue weighted by atomic mass is 19.4. The van der Waals surface area contributed by atoms with Crippen LogP contribution in [-0.4, -0.2) is 12.6 Å². The smallest absolute Gasteiger partial charge is 0.406 e. The van der Waals surface area contributed by atoms with Crippen molar-refractivity contribution in [2.24, 2.45) is 0 Å². The summed E-state index contributed by atoms with van der Waals surface area (Å²) in [6, 6.07) is 3.55. The molecule has 1 aromatic rings. The van der Waals surface area contributed by atoms with Crippen molar-refractivity contribution in [2.45, 2.75) is 13.3 Å². The molecule has 0 spiro atoms. The van der Waals surface area contributed by atoms with Crippen LogP contribution in [0.15, 0.2) is 18.2 Å². The number of aryl methyl sites for hydroxylation is 1. The third-order valence-electron chi connectivity index (χ3n) is 1.60. The van der Waals surface area contributed by atoms with Crippen LogP contribution in [0.4, 0.5) is 13.2 Å². The summed E-state index contributed by atoms with van der Waals surface area (Å²) in [5.74, 6) is -0.319. The van der Waals surface area contributed by atoms with Gasteiger partial charge < -0.3 is 4.74 Å². The minimum Gasteiger partial charge on any atom is -0.406 e. The quantitative estimate of drug-likeness (QED) is 0.692. The lowest BCUT2D eigenvalue weighted by atomic mass is 10.1. The first-order chi connectivity index (χ1) is 6.42. The molecule has 0 N–H and O–H groups in total. The first kappa shape index (κ1) is 10.6. The number of carbonyl (C=O) groups is 1. The van der Waals surface area contributed by atoms with Gasteiger partial charge in [-0.25, -0.2) is 0 Å². The Hall–Kier alpha value is -1.52. The molecule has 0 aliphatic rings. The van der Waals surface area contributed by atoms with Crippen LogP contribution in [0.3, 0.4) is 0 Å². The molecule has 0 fully saturated rings. The first-order valence-corrected chi connectivity index (χ1v) is 3.74. The maximum absolute atomic E-state index is 11.8. The molecule has 0 amide bonds. The van der Waals surface area contributed by atoms with Gasteiger partial charge in [0.25, 0.3) is 0 Å². The lowest BCUT2D eigenvalue weighted by molar-refractivity contribution is -0.274. The van der Waals surface area contributed by atoms with Gasteiger partial charge in [-0.1, -0.05) is 0 Å². The maximum atomic E-state index is 11.8. The van der Waals surface area contributed by atoms with Crippen LogP contribution in [-0.2, 0) is 0 Å². The number of halogens is 3. The van der Waals surface area contributed by atoms with Crippen molar-refractivity contribution in [3.05, 3.63) is 29.3 Å². The molecule has 0 heterocycles. The van der Waals surface area contributed by atoms with E-state index in [1.165, 1.54) is 13.0 Å². The molecule has 2 nitrogen and oxygen atoms in total. The molecule has 0 unspecified atom stereocenters. The number of benzene rings is 1. The van der Waals surface area contributed by atoms with E-state index >= 15 is 0 Å². The predicted molar refractivity (Wildman–Crippen MR) is 43.2 cm³/mol. The average Bonchev–Trinajstić information content (AvgIpc) is 2.01. The minimum absolute atomic E-state index is 0.319. The molecule has 0 aliphatic heterocycles. The molecule has 76 valence electrons. The average molecular weight is 204 g/mol. The molecule has 0 aromatic heterocycles. The summed E-state index contributed by atoms with van der Waals surface area (Å²) in [6.07, 6.45) is -4.12. The third-order valence-corrected chi connectivity index (χ3v) is 1.60. The molecule has 0 radical (unpaired) electrons. The molecule has 0 aliphatic carbocycles. The monoisotopic (exact) mass is 204 g/mol. The van der Waals surface area contributed by atoms with E-state index in [1.54, 1.807) is 0 Å². The first-order valence-electron chi connectivity index (χ1n) is 3.74. The zero-order valence-electron chi connectivity index (χ0n) is 7.26. The molecule has 1 aromatic carbocycles. The van der Waals surface area contributed by atoms with E-state index in [1.807, 2.05) is 0 Å². The van der Waals surface area contributed by atoms with Gasteiger partial charge in [0.1, 0.15) is 12.0 Å². The number of carbonyl (C=O) groups excluding carboxylic acids is 1. The fraction of sp³-hybridized carbons (Fsp3) is 0.222. The van der Waals surface area contributed by atoms with Gasteiger partial charge in [-0.2, -0.15) is 0 Å². The van der Waals surface area contributed by atoms with Crippen molar-refractivity contribution in [2.75, 3.05) is 0 Å². The Bertz CT molecular complexity index is 344. The second-order valence-corrected chi connectivity index (χ2v) is 2.68. The lowest BCUT2D eigenvalue weighted by Crippen LogP contribution is -2.17. The Morgan fingerprint density at radius 2 is 2.00 bits per heavy atom. The van der Waals surface area contributed by atoms with Crippen molar-refractivity contribution in [3.8, 4) is 5.75 Å². The number of rotatable bonds is 2. The van der Waals surface area contributed by atoms with Crippen LogP contribution in [0, 0.1) is 6.92 Å². The van der Waals surface area contributed by atoms with Crippen molar-refractivity contribution >= 4 is 6.29 Å². The Balaban J connectivity index is 2.92. The standard InChI is InChI=1S/C9H7F3O2/c1-6-4-8(14-9(10,11)12)3-2-7(6)5-13/h2-5H,1H3. The number of alkyl halides is 3. The second-order valence-electron chi connectivity index (χ2n) is 2.68. The van der Waals surface area contributed by atoms with E-state index in [0.717, 1.165) is 12.1 Å². The molecule has 0 saturated carbocycles. The topological polar surface area (TPSA) is 26.3 Å². The van der Waals surface area contributed by atoms with E-state index in [-0.39, 0.29) is 5.75 Å². The SMILES string of the molecule is Cc1cc(OC(F)(F)F)ccc1C=O. The summed E-state index contributed by atoms with van der Waals surface area (Å²) < 4.78 is 39.0. The molecule has 0 atom stereocenters. The van der Waals surface area contributed by atoms with Gasteiger partial charge >= 0.3 is 6.36 Å². The van der Waals surface area contributed by atoms with Gasteiger partial charge in [0.05, 0.1) is 0 Å². The van der Waals surface area contributed by atoms with Crippen LogP contribution in [0.5, 0.6) is 5.75 Å². The number of ether oxygens (including phenoxy) is 1. The molecule has 0 bridgehead atoms. The van der Waals surface area contributed by atoms with E-state index in [4.69, 9.17) is 0 Å². The van der Waals surface area contributed by atoms with Crippen LogP contribution >= 0.6 is 0 Å². The van der Waals surface area contributed by atoms with Gasteiger partial charge in [-0.3, -0.25) is 4.79 Å². The zero-order chi connectivity index (χ0) is 10.8. The Kier molecular flexibility index (Phi) is 2.78. The fourth-order valence-corrected chi connectivity index (χ4v) is 0.978. The lowest BCUT2D eigenvalue weighted by Gasteiger charge is -2.09. The molecule has 5 heteroatoms. The predicted octanol–water partition coefficient (Wildman–Crippen LogP) is 2.71. The fourth-order valence-electron chi connectivity index (χ4n) is 0.978. The minimum atomic E-state index is -4.70. The molecule has 14 heavy (non-hydrogen) atoms. The maximum Gasteiger partial charge on any atom is 0.573 e. The highest BCUT2D eigenvalue weighted by Gasteiger charge is 2.31. The Labute approximate surface area is 78.3 Å². The highest BCUT2D eigenvalue weighted by Crippen LogP contribution is 2.24. The van der Waals surface area contributed by atoms with Gasteiger partial charge in [0.2, 0.25) is 0 Å². The third kappa shape index (κ3) is 2.76. The zero-order valence-corrected chi connectivity index (χ0v) is 7.26. The number of hydrogen-bond donors (Lipinski definition) is 0. The van der Waals surface area contributed by atoms with Gasteiger partial charge in [-0.15, -0.1) is 13.2 Å². The molecule has 0 saturated heterocycles. The second kappa shape index (κ2) is 3.69. The summed E-state index contributed by atoms with van der Waals surface area (Å²) in [4.78, 5) is 10.4. The highest BCUT2D eigenvalue weighted by molar-refractivity contribution is 5.77. The Morgan fingerprint density at radius 1 is 1.36 bits per heavy atom. The summed E-state index contributed by atoms with van der Waals surface area (Å²) in [7, 11) is 0. The van der Waals surface area contributed by atoms with Crippen molar-refractivity contribution in [1.29, 1.82) is 0 Å². The number of hydrogen-bond acceptors (Lipinski definition) is 2. The van der Waals surface area contributed by atoms with Crippen molar-refractivity contribution in [1.82, 2.24) is 0 Å². The molecular weight excluding hydrogens is 197 g/mol. The van der Waals surface area contributed by atoms with Crippen molar-refractivity contribution in [3.63, 3.8) is 0 Å². The summed E-state index contributed by atoms with van der Waals surface area (Å²) in [5, 5.41) is 0. The molecule has 1 rings (SSSR count). The van der Waals surface area contributed by atoms with Crippen LogP contribution in [0.25, 0.3) is 0 Å². The van der Waals surface area contributed by atoms with Gasteiger partial charge in [-0.05, 0) is 30.7 Å². The van der Waals surface area contributed by atoms with E-state index in [0.29, 0.717) is 17.4 Å². The summed E-state index contributed by atoms with van der Waals surface area (Å²) >= 11 is 0. The van der Waals surface area contributed by atoms with Gasteiger partial charge in [0.15, 0.2) is 0 Å². The van der Waals surface area contributed by atoms with E-state index in [9.17, 15) is 18.0 Å². The van der Waals surface area contributed by atoms with Gasteiger partial charge in [0, 0.05) is 5.56 Å². The van der Waals surface area contributed by atoms with Crippen LogP contribution in [0.1, 0.15) is 15.9 Å². The van der Waals surface area contributed by atoms with Crippen LogP contribution < -0.4 is 4.74 Å². The van der Waals surface area contributed by atoms with Crippen molar-refractivity contribution < 1.29 is 22.7 Å². The largest absolute Gasteiger partial charge is 0.573 e.